The van der Waals surface area contributed by atoms with E-state index in [1.807, 2.05) is 24.3 Å². The molecule has 2 aromatic carbocycles. The Morgan fingerprint density at radius 1 is 1.13 bits per heavy atom. The minimum absolute atomic E-state index is 0.0917. The third kappa shape index (κ3) is 3.63. The van der Waals surface area contributed by atoms with Crippen molar-refractivity contribution in [1.82, 2.24) is 0 Å². The quantitative estimate of drug-likeness (QED) is 0.612. The second-order valence-corrected chi connectivity index (χ2v) is 6.17. The predicted molar refractivity (Wildman–Crippen MR) is 90.8 cm³/mol. The van der Waals surface area contributed by atoms with Crippen molar-refractivity contribution in [2.45, 2.75) is 6.61 Å². The highest BCUT2D eigenvalue weighted by Gasteiger charge is 2.14. The van der Waals surface area contributed by atoms with E-state index in [2.05, 4.69) is 15.9 Å². The lowest BCUT2D eigenvalue weighted by Gasteiger charge is -2.05. The summed E-state index contributed by atoms with van der Waals surface area (Å²) in [7, 11) is 0. The lowest BCUT2D eigenvalue weighted by atomic mass is 10.2. The van der Waals surface area contributed by atoms with Gasteiger partial charge in [0.25, 0.3) is 0 Å². The van der Waals surface area contributed by atoms with Crippen LogP contribution in [0.25, 0.3) is 11.0 Å². The number of halogens is 2. The van der Waals surface area contributed by atoms with Crippen LogP contribution in [0, 0.1) is 0 Å². The van der Waals surface area contributed by atoms with E-state index in [4.69, 9.17) is 20.8 Å². The molecule has 3 aromatic rings. The molecule has 0 spiro atoms. The summed E-state index contributed by atoms with van der Waals surface area (Å²) in [6.45, 7) is 0.0917. The predicted octanol–water partition coefficient (Wildman–Crippen LogP) is 4.57. The minimum Gasteiger partial charge on any atom is -0.455 e. The molecule has 0 bridgehead atoms. The molecule has 0 aliphatic rings. The number of hydrogen-bond donors (Lipinski definition) is 0. The van der Waals surface area contributed by atoms with Gasteiger partial charge >= 0.3 is 5.97 Å². The zero-order chi connectivity index (χ0) is 16.4. The van der Waals surface area contributed by atoms with E-state index in [9.17, 15) is 9.59 Å². The molecular weight excluding hydrogens is 384 g/mol. The van der Waals surface area contributed by atoms with Crippen molar-refractivity contribution in [1.29, 1.82) is 0 Å². The Labute approximate surface area is 144 Å². The summed E-state index contributed by atoms with van der Waals surface area (Å²) >= 11 is 9.18. The van der Waals surface area contributed by atoms with Gasteiger partial charge in [0.1, 0.15) is 12.2 Å². The maximum absolute atomic E-state index is 12.1. The third-order valence-electron chi connectivity index (χ3n) is 3.17. The number of carbonyl (C=O) groups excluding carboxylic acids is 1. The average molecular weight is 394 g/mol. The van der Waals surface area contributed by atoms with Crippen molar-refractivity contribution in [2.24, 2.45) is 0 Å². The molecule has 6 heteroatoms. The zero-order valence-electron chi connectivity index (χ0n) is 11.7. The maximum Gasteiger partial charge on any atom is 0.374 e. The van der Waals surface area contributed by atoms with Crippen molar-refractivity contribution in [3.8, 4) is 0 Å². The normalized spacial score (nSPS) is 10.7. The Balaban J connectivity index is 1.82. The molecule has 0 amide bonds. The second kappa shape index (κ2) is 6.56. The summed E-state index contributed by atoms with van der Waals surface area (Å²) in [4.78, 5) is 24.1. The molecule has 23 heavy (non-hydrogen) atoms. The standard InChI is InChI=1S/C17H10BrClO4/c18-11-3-1-10(2-4-11)9-22-17(21)16-8-14(20)13-7-12(19)5-6-15(13)23-16/h1-8H,9H2. The molecule has 3 rings (SSSR count). The maximum atomic E-state index is 12.1. The molecule has 0 unspecified atom stereocenters. The van der Waals surface area contributed by atoms with E-state index in [1.54, 1.807) is 12.1 Å². The molecule has 0 N–H and O–H groups in total. The average Bonchev–Trinajstić information content (AvgIpc) is 2.54. The Morgan fingerprint density at radius 3 is 2.61 bits per heavy atom. The van der Waals surface area contributed by atoms with Crippen molar-refractivity contribution >= 4 is 44.5 Å². The summed E-state index contributed by atoms with van der Waals surface area (Å²) in [5.74, 6) is -0.830. The highest BCUT2D eigenvalue weighted by Crippen LogP contribution is 2.18. The summed E-state index contributed by atoms with van der Waals surface area (Å²) in [5.41, 5.74) is 0.776. The first-order valence-corrected chi connectivity index (χ1v) is 7.85. The van der Waals surface area contributed by atoms with E-state index in [1.165, 1.54) is 6.07 Å². The SMILES string of the molecule is O=C(OCc1ccc(Br)cc1)c1cc(=O)c2cc(Cl)ccc2o1. The largest absolute Gasteiger partial charge is 0.455 e. The van der Waals surface area contributed by atoms with Gasteiger partial charge in [-0.3, -0.25) is 4.79 Å². The highest BCUT2D eigenvalue weighted by atomic mass is 79.9. The summed E-state index contributed by atoms with van der Waals surface area (Å²) in [5, 5.41) is 0.748. The number of benzene rings is 2. The monoisotopic (exact) mass is 392 g/mol. The van der Waals surface area contributed by atoms with Gasteiger partial charge in [-0.2, -0.15) is 0 Å². The number of esters is 1. The Bertz CT molecular complexity index is 931. The number of hydrogen-bond acceptors (Lipinski definition) is 4. The first kappa shape index (κ1) is 15.8. The second-order valence-electron chi connectivity index (χ2n) is 4.82. The fourth-order valence-corrected chi connectivity index (χ4v) is 2.47. The number of ether oxygens (including phenoxy) is 1. The number of carbonyl (C=O) groups is 1. The molecule has 0 atom stereocenters. The van der Waals surface area contributed by atoms with Crippen molar-refractivity contribution in [3.63, 3.8) is 0 Å². The molecule has 0 fully saturated rings. The number of rotatable bonds is 3. The van der Waals surface area contributed by atoms with E-state index in [-0.39, 0.29) is 23.4 Å². The van der Waals surface area contributed by atoms with E-state index < -0.39 is 5.97 Å². The van der Waals surface area contributed by atoms with Crippen LogP contribution >= 0.6 is 27.5 Å². The molecule has 0 saturated heterocycles. The number of fused-ring (bicyclic) bond motifs is 1. The van der Waals surface area contributed by atoms with Crippen LogP contribution < -0.4 is 5.43 Å². The molecular formula is C17H10BrClO4. The Morgan fingerprint density at radius 2 is 1.87 bits per heavy atom. The van der Waals surface area contributed by atoms with E-state index >= 15 is 0 Å². The van der Waals surface area contributed by atoms with Gasteiger partial charge < -0.3 is 9.15 Å². The molecule has 116 valence electrons. The Kier molecular flexibility index (Phi) is 4.50. The molecule has 0 radical (unpaired) electrons. The fourth-order valence-electron chi connectivity index (χ4n) is 2.03. The van der Waals surface area contributed by atoms with Gasteiger partial charge in [-0.25, -0.2) is 4.79 Å². The van der Waals surface area contributed by atoms with Gasteiger partial charge in [0.15, 0.2) is 5.43 Å². The van der Waals surface area contributed by atoms with Crippen molar-refractivity contribution in [3.05, 3.63) is 79.6 Å². The van der Waals surface area contributed by atoms with Gasteiger partial charge in [0, 0.05) is 15.6 Å². The zero-order valence-corrected chi connectivity index (χ0v) is 14.1. The van der Waals surface area contributed by atoms with Crippen LogP contribution in [0.4, 0.5) is 0 Å². The molecule has 0 aliphatic carbocycles. The van der Waals surface area contributed by atoms with Crippen molar-refractivity contribution < 1.29 is 13.9 Å². The molecule has 1 aromatic heterocycles. The molecule has 4 nitrogen and oxygen atoms in total. The van der Waals surface area contributed by atoms with Crippen molar-refractivity contribution in [2.75, 3.05) is 0 Å². The van der Waals surface area contributed by atoms with Gasteiger partial charge in [-0.15, -0.1) is 0 Å². The summed E-state index contributed by atoms with van der Waals surface area (Å²) in [6, 6.07) is 13.1. The molecule has 1 heterocycles. The Hall–Kier alpha value is -2.11. The van der Waals surface area contributed by atoms with Crippen LogP contribution in [0.5, 0.6) is 0 Å². The van der Waals surface area contributed by atoms with Crippen LogP contribution in [0.1, 0.15) is 16.1 Å². The smallest absolute Gasteiger partial charge is 0.374 e. The topological polar surface area (TPSA) is 56.5 Å². The van der Waals surface area contributed by atoms with Gasteiger partial charge in [-0.1, -0.05) is 39.7 Å². The summed E-state index contributed by atoms with van der Waals surface area (Å²) in [6.07, 6.45) is 0. The van der Waals surface area contributed by atoms with Crippen LogP contribution in [-0.2, 0) is 11.3 Å². The highest BCUT2D eigenvalue weighted by molar-refractivity contribution is 9.10. The molecule has 0 aliphatic heterocycles. The molecule has 0 saturated carbocycles. The first-order valence-electron chi connectivity index (χ1n) is 6.68. The van der Waals surface area contributed by atoms with Gasteiger partial charge in [0.2, 0.25) is 5.76 Å². The van der Waals surface area contributed by atoms with Crippen LogP contribution in [0.2, 0.25) is 5.02 Å². The third-order valence-corrected chi connectivity index (χ3v) is 3.94. The van der Waals surface area contributed by atoms with Crippen LogP contribution in [0.3, 0.4) is 0 Å². The lowest BCUT2D eigenvalue weighted by molar-refractivity contribution is 0.0436. The summed E-state index contributed by atoms with van der Waals surface area (Å²) < 4.78 is 11.5. The van der Waals surface area contributed by atoms with Crippen LogP contribution in [-0.4, -0.2) is 5.97 Å². The van der Waals surface area contributed by atoms with Crippen LogP contribution in [0.15, 0.2) is 62.2 Å². The fraction of sp³-hybridized carbons (Fsp3) is 0.0588. The minimum atomic E-state index is -0.693. The van der Waals surface area contributed by atoms with Gasteiger partial charge in [0.05, 0.1) is 5.39 Å². The lowest BCUT2D eigenvalue weighted by Crippen LogP contribution is -2.10. The van der Waals surface area contributed by atoms with E-state index in [0.29, 0.717) is 10.4 Å². The first-order chi connectivity index (χ1) is 11.0. The van der Waals surface area contributed by atoms with Gasteiger partial charge in [-0.05, 0) is 35.9 Å². The van der Waals surface area contributed by atoms with E-state index in [0.717, 1.165) is 16.1 Å².